The average molecular weight is 252 g/mol. The van der Waals surface area contributed by atoms with Gasteiger partial charge in [0.2, 0.25) is 5.91 Å². The van der Waals surface area contributed by atoms with Crippen molar-refractivity contribution in [3.63, 3.8) is 0 Å². The maximum Gasteiger partial charge on any atom is 0.241 e. The molecule has 3 N–H and O–H groups in total. The Hall–Kier alpha value is -1.34. The second-order valence-electron chi connectivity index (χ2n) is 5.08. The lowest BCUT2D eigenvalue weighted by molar-refractivity contribution is -0.136. The van der Waals surface area contributed by atoms with Crippen LogP contribution in [0.25, 0.3) is 0 Å². The van der Waals surface area contributed by atoms with E-state index in [0.717, 1.165) is 32.1 Å². The van der Waals surface area contributed by atoms with Gasteiger partial charge in [0.1, 0.15) is 18.5 Å². The normalized spacial score (nSPS) is 31.7. The average Bonchev–Trinajstić information content (AvgIpc) is 2.85. The van der Waals surface area contributed by atoms with Crippen LogP contribution in [0.2, 0.25) is 0 Å². The zero-order chi connectivity index (χ0) is 12.5. The molecule has 0 aromatic heterocycles. The van der Waals surface area contributed by atoms with Gasteiger partial charge in [0.05, 0.1) is 6.54 Å². The van der Waals surface area contributed by atoms with Crippen LogP contribution >= 0.6 is 0 Å². The van der Waals surface area contributed by atoms with Gasteiger partial charge in [0.15, 0.2) is 0 Å². The largest absolute Gasteiger partial charge is 0.337 e. The Morgan fingerprint density at radius 1 is 1.50 bits per heavy atom. The molecule has 7 nitrogen and oxygen atoms in total. The number of nitrogens with zero attached hydrogens (tertiary/aromatic N) is 3. The Morgan fingerprint density at radius 2 is 2.39 bits per heavy atom. The maximum atomic E-state index is 12.5. The first-order valence-corrected chi connectivity index (χ1v) is 6.54. The van der Waals surface area contributed by atoms with Crippen molar-refractivity contribution in [3.8, 4) is 0 Å². The van der Waals surface area contributed by atoms with E-state index in [4.69, 9.17) is 0 Å². The third-order valence-corrected chi connectivity index (χ3v) is 3.83. The molecular weight excluding hydrogens is 232 g/mol. The van der Waals surface area contributed by atoms with Crippen molar-refractivity contribution in [3.05, 3.63) is 0 Å². The van der Waals surface area contributed by atoms with Gasteiger partial charge in [-0.15, -0.1) is 0 Å². The molecule has 100 valence electrons. The third kappa shape index (κ3) is 2.04. The molecule has 0 radical (unpaired) electrons. The van der Waals surface area contributed by atoms with E-state index < -0.39 is 0 Å². The number of nitrogens with one attached hydrogen (secondary N) is 3. The zero-order valence-electron chi connectivity index (χ0n) is 10.6. The molecule has 3 rings (SSSR count). The molecule has 2 saturated heterocycles. The highest BCUT2D eigenvalue weighted by molar-refractivity contribution is 5.90. The van der Waals surface area contributed by atoms with Gasteiger partial charge in [-0.05, 0) is 6.92 Å². The summed E-state index contributed by atoms with van der Waals surface area (Å²) in [6, 6.07) is 0.171. The predicted octanol–water partition coefficient (Wildman–Crippen LogP) is -2.05. The minimum atomic E-state index is -0.107. The lowest BCUT2D eigenvalue weighted by atomic mass is 10.1. The fourth-order valence-corrected chi connectivity index (χ4v) is 2.73. The van der Waals surface area contributed by atoms with E-state index in [-0.39, 0.29) is 18.0 Å². The maximum absolute atomic E-state index is 12.5. The minimum Gasteiger partial charge on any atom is -0.337 e. The van der Waals surface area contributed by atoms with Crippen molar-refractivity contribution in [1.29, 1.82) is 0 Å². The van der Waals surface area contributed by atoms with E-state index in [1.54, 1.807) is 0 Å². The van der Waals surface area contributed by atoms with Gasteiger partial charge in [-0.2, -0.15) is 5.10 Å². The monoisotopic (exact) mass is 252 g/mol. The molecule has 3 heterocycles. The summed E-state index contributed by atoms with van der Waals surface area (Å²) in [7, 11) is 0. The second-order valence-corrected chi connectivity index (χ2v) is 5.08. The van der Waals surface area contributed by atoms with Crippen molar-refractivity contribution in [2.24, 2.45) is 5.10 Å². The quantitative estimate of drug-likeness (QED) is 0.501. The third-order valence-electron chi connectivity index (χ3n) is 3.83. The van der Waals surface area contributed by atoms with Crippen LogP contribution < -0.4 is 16.1 Å². The molecule has 2 atom stereocenters. The second kappa shape index (κ2) is 4.74. The minimum absolute atomic E-state index is 0.107. The van der Waals surface area contributed by atoms with Crippen molar-refractivity contribution >= 4 is 11.7 Å². The number of carbonyl (C=O) groups excluding carboxylic acids is 1. The summed E-state index contributed by atoms with van der Waals surface area (Å²) in [5, 5.41) is 10.8. The Kier molecular flexibility index (Phi) is 3.09. The standard InChI is InChI=1S/C11H20N6O/c1-8-4-12-2-3-17(8)11(18)9-6-16-7-14-15-10(16)5-13-9/h8-9,12-14H,2-7H2,1H3. The number of hydrogen-bond acceptors (Lipinski definition) is 6. The SMILES string of the molecule is CC1CNCCN1C(=O)C1CN2CNN=C2CN1. The van der Waals surface area contributed by atoms with Crippen molar-refractivity contribution in [2.45, 2.75) is 19.0 Å². The highest BCUT2D eigenvalue weighted by Gasteiger charge is 2.34. The van der Waals surface area contributed by atoms with Gasteiger partial charge in [0, 0.05) is 32.2 Å². The van der Waals surface area contributed by atoms with E-state index in [1.807, 2.05) is 4.90 Å². The van der Waals surface area contributed by atoms with Gasteiger partial charge in [0.25, 0.3) is 0 Å². The fourth-order valence-electron chi connectivity index (χ4n) is 2.73. The summed E-state index contributed by atoms with van der Waals surface area (Å²) in [5.41, 5.74) is 2.95. The molecule has 2 fully saturated rings. The van der Waals surface area contributed by atoms with Crippen LogP contribution in [-0.4, -0.2) is 73.0 Å². The van der Waals surface area contributed by atoms with E-state index in [0.29, 0.717) is 13.1 Å². The molecule has 3 aliphatic heterocycles. The Labute approximate surface area is 107 Å². The number of rotatable bonds is 1. The van der Waals surface area contributed by atoms with Crippen LogP contribution in [0, 0.1) is 0 Å². The molecule has 0 aromatic rings. The number of amides is 1. The lowest BCUT2D eigenvalue weighted by Crippen LogP contribution is -2.62. The molecule has 0 aliphatic carbocycles. The predicted molar refractivity (Wildman–Crippen MR) is 68.0 cm³/mol. The van der Waals surface area contributed by atoms with Gasteiger partial charge in [-0.1, -0.05) is 0 Å². The lowest BCUT2D eigenvalue weighted by Gasteiger charge is -2.39. The van der Waals surface area contributed by atoms with Crippen molar-refractivity contribution < 1.29 is 4.79 Å². The first-order chi connectivity index (χ1) is 8.75. The van der Waals surface area contributed by atoms with Crippen molar-refractivity contribution in [1.82, 2.24) is 25.9 Å². The summed E-state index contributed by atoms with van der Waals surface area (Å²) < 4.78 is 0. The summed E-state index contributed by atoms with van der Waals surface area (Å²) in [5.74, 6) is 1.22. The summed E-state index contributed by atoms with van der Waals surface area (Å²) in [6.07, 6.45) is 0. The molecule has 7 heteroatoms. The van der Waals surface area contributed by atoms with E-state index in [1.165, 1.54) is 0 Å². The molecule has 18 heavy (non-hydrogen) atoms. The number of piperazine rings is 2. The fraction of sp³-hybridized carbons (Fsp3) is 0.818. The van der Waals surface area contributed by atoms with E-state index >= 15 is 0 Å². The molecule has 3 aliphatic rings. The first-order valence-electron chi connectivity index (χ1n) is 6.54. The van der Waals surface area contributed by atoms with Crippen LogP contribution in [0.15, 0.2) is 5.10 Å². The van der Waals surface area contributed by atoms with Crippen LogP contribution in [0.3, 0.4) is 0 Å². The van der Waals surface area contributed by atoms with Gasteiger partial charge >= 0.3 is 0 Å². The van der Waals surface area contributed by atoms with Crippen LogP contribution in [0.5, 0.6) is 0 Å². The summed E-state index contributed by atoms with van der Waals surface area (Å²) >= 11 is 0. The highest BCUT2D eigenvalue weighted by atomic mass is 16.2. The number of fused-ring (bicyclic) bond motifs is 1. The molecule has 2 unspecified atom stereocenters. The topological polar surface area (TPSA) is 72.0 Å². The number of hydrogen-bond donors (Lipinski definition) is 3. The molecule has 0 bridgehead atoms. The number of amidine groups is 1. The number of carbonyl (C=O) groups is 1. The van der Waals surface area contributed by atoms with Crippen molar-refractivity contribution in [2.75, 3.05) is 39.4 Å². The smallest absolute Gasteiger partial charge is 0.241 e. The highest BCUT2D eigenvalue weighted by Crippen LogP contribution is 2.10. The summed E-state index contributed by atoms with van der Waals surface area (Å²) in [4.78, 5) is 16.6. The Morgan fingerprint density at radius 3 is 3.22 bits per heavy atom. The van der Waals surface area contributed by atoms with Gasteiger partial charge in [-0.25, -0.2) is 0 Å². The van der Waals surface area contributed by atoms with Gasteiger partial charge in [-0.3, -0.25) is 15.5 Å². The van der Waals surface area contributed by atoms with Crippen LogP contribution in [0.1, 0.15) is 6.92 Å². The van der Waals surface area contributed by atoms with Crippen LogP contribution in [0.4, 0.5) is 0 Å². The first kappa shape index (κ1) is 11.7. The summed E-state index contributed by atoms with van der Waals surface area (Å²) in [6.45, 7) is 6.77. The zero-order valence-corrected chi connectivity index (χ0v) is 10.6. The molecule has 0 aromatic carbocycles. The number of hydrazone groups is 1. The molecule has 1 amide bonds. The molecule has 0 saturated carbocycles. The Balaban J connectivity index is 1.64. The van der Waals surface area contributed by atoms with Gasteiger partial charge < -0.3 is 15.1 Å². The molecular formula is C11H20N6O. The Bertz CT molecular complexity index is 371. The van der Waals surface area contributed by atoms with E-state index in [9.17, 15) is 4.79 Å². The van der Waals surface area contributed by atoms with Crippen LogP contribution in [-0.2, 0) is 4.79 Å². The van der Waals surface area contributed by atoms with E-state index in [2.05, 4.69) is 33.0 Å². The molecule has 0 spiro atoms.